The molecule has 0 saturated carbocycles. The first-order valence-corrected chi connectivity index (χ1v) is 5.41. The topological polar surface area (TPSA) is 111 Å². The van der Waals surface area contributed by atoms with Gasteiger partial charge in [-0.25, -0.2) is 4.79 Å². The van der Waals surface area contributed by atoms with Gasteiger partial charge in [0.05, 0.1) is 22.6 Å². The molecule has 0 aliphatic heterocycles. The van der Waals surface area contributed by atoms with Crippen molar-refractivity contribution in [3.63, 3.8) is 0 Å². The third kappa shape index (κ3) is 2.68. The lowest BCUT2D eigenvalue weighted by atomic mass is 10.2. The summed E-state index contributed by atoms with van der Waals surface area (Å²) in [4.78, 5) is 24.8. The zero-order valence-corrected chi connectivity index (χ0v) is 10.1. The number of aromatic carboxylic acids is 1. The number of rotatable bonds is 4. The van der Waals surface area contributed by atoms with Crippen LogP contribution in [0.4, 0.5) is 5.82 Å². The standard InChI is InChI=1S/C10H7ClN4O4/c11-7-4-14(13-9(7)15(18)19)5-8-6(10(16)17)2-1-3-12-8/h1-4H,5H2,(H,16,17). The van der Waals surface area contributed by atoms with Crippen LogP contribution in [0.15, 0.2) is 24.5 Å². The monoisotopic (exact) mass is 282 g/mol. The van der Waals surface area contributed by atoms with Gasteiger partial charge in [-0.05, 0) is 17.1 Å². The first-order valence-electron chi connectivity index (χ1n) is 5.03. The molecule has 0 aromatic carbocycles. The maximum atomic E-state index is 11.0. The van der Waals surface area contributed by atoms with Crippen LogP contribution < -0.4 is 0 Å². The van der Waals surface area contributed by atoms with Crippen LogP contribution >= 0.6 is 11.6 Å². The Hall–Kier alpha value is -2.48. The molecular formula is C10H7ClN4O4. The molecule has 0 fully saturated rings. The van der Waals surface area contributed by atoms with E-state index in [-0.39, 0.29) is 22.8 Å². The third-order valence-electron chi connectivity index (χ3n) is 2.30. The fourth-order valence-corrected chi connectivity index (χ4v) is 1.72. The van der Waals surface area contributed by atoms with Crippen molar-refractivity contribution < 1.29 is 14.8 Å². The number of hydrogen-bond donors (Lipinski definition) is 1. The maximum absolute atomic E-state index is 11.0. The average Bonchev–Trinajstić information content (AvgIpc) is 2.71. The van der Waals surface area contributed by atoms with E-state index in [1.165, 1.54) is 29.2 Å². The number of aromatic nitrogens is 3. The predicted octanol–water partition coefficient (Wildman–Crippen LogP) is 1.59. The van der Waals surface area contributed by atoms with E-state index in [2.05, 4.69) is 10.1 Å². The van der Waals surface area contributed by atoms with Gasteiger partial charge in [0.2, 0.25) is 0 Å². The molecule has 0 amide bonds. The lowest BCUT2D eigenvalue weighted by Gasteiger charge is -2.02. The van der Waals surface area contributed by atoms with Crippen LogP contribution in [0.3, 0.4) is 0 Å². The van der Waals surface area contributed by atoms with E-state index in [4.69, 9.17) is 16.7 Å². The van der Waals surface area contributed by atoms with Crippen molar-refractivity contribution in [3.05, 3.63) is 50.9 Å². The molecule has 8 nitrogen and oxygen atoms in total. The van der Waals surface area contributed by atoms with Crippen LogP contribution in [0.25, 0.3) is 0 Å². The van der Waals surface area contributed by atoms with E-state index in [1.54, 1.807) is 0 Å². The quantitative estimate of drug-likeness (QED) is 0.673. The Kier molecular flexibility index (Phi) is 3.43. The molecule has 0 aliphatic carbocycles. The van der Waals surface area contributed by atoms with Gasteiger partial charge >= 0.3 is 11.8 Å². The minimum Gasteiger partial charge on any atom is -0.478 e. The number of nitro groups is 1. The Labute approximate surface area is 111 Å². The molecule has 2 rings (SSSR count). The number of pyridine rings is 1. The Balaban J connectivity index is 2.34. The summed E-state index contributed by atoms with van der Waals surface area (Å²) in [5, 5.41) is 23.1. The predicted molar refractivity (Wildman–Crippen MR) is 64.2 cm³/mol. The van der Waals surface area contributed by atoms with Gasteiger partial charge in [-0.1, -0.05) is 11.6 Å². The van der Waals surface area contributed by atoms with E-state index >= 15 is 0 Å². The summed E-state index contributed by atoms with van der Waals surface area (Å²) >= 11 is 5.65. The molecule has 0 spiro atoms. The summed E-state index contributed by atoms with van der Waals surface area (Å²) in [7, 11) is 0. The van der Waals surface area contributed by atoms with Gasteiger partial charge in [0.1, 0.15) is 6.54 Å². The van der Waals surface area contributed by atoms with Gasteiger partial charge in [0.25, 0.3) is 0 Å². The summed E-state index contributed by atoms with van der Waals surface area (Å²) in [6.45, 7) is -0.0178. The first kappa shape index (κ1) is 13.0. The molecule has 2 aromatic heterocycles. The normalized spacial score (nSPS) is 10.4. The highest BCUT2D eigenvalue weighted by Gasteiger charge is 2.20. The molecule has 9 heteroatoms. The second-order valence-electron chi connectivity index (χ2n) is 3.56. The zero-order chi connectivity index (χ0) is 14.0. The highest BCUT2D eigenvalue weighted by atomic mass is 35.5. The summed E-state index contributed by atoms with van der Waals surface area (Å²) in [6.07, 6.45) is 2.68. The van der Waals surface area contributed by atoms with E-state index in [9.17, 15) is 14.9 Å². The summed E-state index contributed by atoms with van der Waals surface area (Å²) in [5.74, 6) is -1.61. The van der Waals surface area contributed by atoms with Crippen molar-refractivity contribution in [1.29, 1.82) is 0 Å². The van der Waals surface area contributed by atoms with E-state index in [1.807, 2.05) is 0 Å². The van der Waals surface area contributed by atoms with Crippen molar-refractivity contribution >= 4 is 23.4 Å². The van der Waals surface area contributed by atoms with Crippen molar-refractivity contribution in [3.8, 4) is 0 Å². The molecule has 0 atom stereocenters. The van der Waals surface area contributed by atoms with E-state index in [0.717, 1.165) is 0 Å². The fraction of sp³-hybridized carbons (Fsp3) is 0.100. The molecule has 0 unspecified atom stereocenters. The summed E-state index contributed by atoms with van der Waals surface area (Å²) < 4.78 is 1.18. The first-order chi connectivity index (χ1) is 8.99. The Morgan fingerprint density at radius 3 is 2.89 bits per heavy atom. The van der Waals surface area contributed by atoms with Crippen molar-refractivity contribution in [2.24, 2.45) is 0 Å². The minimum absolute atomic E-state index is 0.0109. The molecule has 0 radical (unpaired) electrons. The van der Waals surface area contributed by atoms with Crippen LogP contribution in [0.1, 0.15) is 16.1 Å². The van der Waals surface area contributed by atoms with Crippen LogP contribution in [0, 0.1) is 10.1 Å². The van der Waals surface area contributed by atoms with Crippen molar-refractivity contribution in [1.82, 2.24) is 14.8 Å². The third-order valence-corrected chi connectivity index (χ3v) is 2.57. The molecule has 98 valence electrons. The van der Waals surface area contributed by atoms with Gasteiger partial charge in [-0.3, -0.25) is 4.98 Å². The molecule has 0 saturated heterocycles. The summed E-state index contributed by atoms with van der Waals surface area (Å²) in [5.41, 5.74) is 0.251. The second kappa shape index (κ2) is 5.02. The number of carbonyl (C=O) groups is 1. The van der Waals surface area contributed by atoms with Gasteiger partial charge in [0.15, 0.2) is 5.02 Å². The summed E-state index contributed by atoms with van der Waals surface area (Å²) in [6, 6.07) is 2.88. The largest absolute Gasteiger partial charge is 0.478 e. The Morgan fingerprint density at radius 1 is 1.58 bits per heavy atom. The number of nitrogens with zero attached hydrogens (tertiary/aromatic N) is 4. The molecule has 2 heterocycles. The molecule has 0 bridgehead atoms. The van der Waals surface area contributed by atoms with Gasteiger partial charge < -0.3 is 15.2 Å². The molecule has 19 heavy (non-hydrogen) atoms. The lowest BCUT2D eigenvalue weighted by Crippen LogP contribution is -2.09. The Morgan fingerprint density at radius 2 is 2.32 bits per heavy atom. The molecular weight excluding hydrogens is 276 g/mol. The minimum atomic E-state index is -1.13. The Bertz CT molecular complexity index is 655. The highest BCUT2D eigenvalue weighted by Crippen LogP contribution is 2.22. The lowest BCUT2D eigenvalue weighted by molar-refractivity contribution is -0.389. The smallest absolute Gasteiger partial charge is 0.408 e. The van der Waals surface area contributed by atoms with Crippen LogP contribution in [0.2, 0.25) is 5.02 Å². The number of carboxylic acid groups (broad SMARTS) is 1. The van der Waals surface area contributed by atoms with Gasteiger partial charge in [-0.2, -0.15) is 4.68 Å². The second-order valence-corrected chi connectivity index (χ2v) is 3.97. The highest BCUT2D eigenvalue weighted by molar-refractivity contribution is 6.32. The number of hydrogen-bond acceptors (Lipinski definition) is 5. The zero-order valence-electron chi connectivity index (χ0n) is 9.36. The molecule has 2 aromatic rings. The van der Waals surface area contributed by atoms with E-state index in [0.29, 0.717) is 0 Å². The van der Waals surface area contributed by atoms with Crippen LogP contribution in [0.5, 0.6) is 0 Å². The number of halogens is 1. The van der Waals surface area contributed by atoms with Crippen molar-refractivity contribution in [2.45, 2.75) is 6.54 Å². The maximum Gasteiger partial charge on any atom is 0.408 e. The molecule has 1 N–H and O–H groups in total. The average molecular weight is 283 g/mol. The van der Waals surface area contributed by atoms with Gasteiger partial charge in [0, 0.05) is 6.20 Å². The number of carboxylic acids is 1. The van der Waals surface area contributed by atoms with Crippen LogP contribution in [-0.4, -0.2) is 30.8 Å². The van der Waals surface area contributed by atoms with Crippen molar-refractivity contribution in [2.75, 3.05) is 0 Å². The van der Waals surface area contributed by atoms with E-state index < -0.39 is 16.7 Å². The molecule has 0 aliphatic rings. The van der Waals surface area contributed by atoms with Crippen LogP contribution in [-0.2, 0) is 6.54 Å². The SMILES string of the molecule is O=C(O)c1cccnc1Cn1cc(Cl)c([N+](=O)[O-])n1. The van der Waals surface area contributed by atoms with Gasteiger partial charge in [-0.15, -0.1) is 0 Å². The fourth-order valence-electron chi connectivity index (χ4n) is 1.50.